The van der Waals surface area contributed by atoms with Gasteiger partial charge in [0.05, 0.1) is 17.8 Å². The van der Waals surface area contributed by atoms with E-state index in [0.717, 1.165) is 11.8 Å². The van der Waals surface area contributed by atoms with E-state index in [9.17, 15) is 16.8 Å². The molecule has 102 valence electrons. The topological polar surface area (TPSA) is 104 Å². The average molecular weight is 293 g/mol. The summed E-state index contributed by atoms with van der Waals surface area (Å²) in [6.45, 7) is 0.107. The molecule has 0 fully saturated rings. The van der Waals surface area contributed by atoms with Crippen LogP contribution in [0.2, 0.25) is 0 Å². The van der Waals surface area contributed by atoms with Gasteiger partial charge < -0.3 is 0 Å². The van der Waals surface area contributed by atoms with Crippen LogP contribution in [0.5, 0.6) is 0 Å². The smallest absolute Gasteiger partial charge is 0.264 e. The summed E-state index contributed by atoms with van der Waals surface area (Å²) in [7, 11) is -7.07. The number of aryl methyl sites for hydroxylation is 1. The number of hydrogen-bond acceptors (Lipinski definition) is 5. The highest BCUT2D eigenvalue weighted by molar-refractivity contribution is 7.89. The Morgan fingerprint density at radius 1 is 1.11 bits per heavy atom. The lowest BCUT2D eigenvalue weighted by Gasteiger charge is -2.03. The Hall–Kier alpha value is -0.960. The zero-order valence-electron chi connectivity index (χ0n) is 9.87. The second kappa shape index (κ2) is 5.79. The van der Waals surface area contributed by atoms with Crippen LogP contribution in [0.4, 0.5) is 0 Å². The minimum Gasteiger partial charge on any atom is -0.270 e. The predicted octanol–water partition coefficient (Wildman–Crippen LogP) is 0.243. The fraction of sp³-hybridized carbons (Fsp3) is 0.400. The summed E-state index contributed by atoms with van der Waals surface area (Å²) in [4.78, 5) is 0.0543. The van der Waals surface area contributed by atoms with E-state index in [0.29, 0.717) is 12.8 Å². The summed E-state index contributed by atoms with van der Waals surface area (Å²) < 4.78 is 48.0. The van der Waals surface area contributed by atoms with Crippen molar-refractivity contribution < 1.29 is 21.0 Å². The Morgan fingerprint density at radius 3 is 2.11 bits per heavy atom. The highest BCUT2D eigenvalue weighted by atomic mass is 32.2. The molecule has 0 spiro atoms. The molecule has 1 aromatic carbocycles. The maximum absolute atomic E-state index is 11.0. The monoisotopic (exact) mass is 293 g/mol. The highest BCUT2D eigenvalue weighted by Crippen LogP contribution is 2.10. The Labute approximate surface area is 107 Å². The molecular formula is C10H15NO5S2. The second-order valence-corrected chi connectivity index (χ2v) is 7.02. The molecule has 0 aliphatic heterocycles. The van der Waals surface area contributed by atoms with Crippen molar-refractivity contribution in [2.75, 3.05) is 12.9 Å². The normalized spacial score (nSPS) is 12.6. The predicted molar refractivity (Wildman–Crippen MR) is 66.9 cm³/mol. The van der Waals surface area contributed by atoms with Gasteiger partial charge in [0.25, 0.3) is 10.1 Å². The maximum Gasteiger partial charge on any atom is 0.264 e. The van der Waals surface area contributed by atoms with Gasteiger partial charge in [-0.25, -0.2) is 13.6 Å². The van der Waals surface area contributed by atoms with Crippen LogP contribution >= 0.6 is 0 Å². The van der Waals surface area contributed by atoms with Crippen molar-refractivity contribution in [3.05, 3.63) is 29.8 Å². The number of nitrogens with two attached hydrogens (primary N) is 1. The van der Waals surface area contributed by atoms with Crippen molar-refractivity contribution in [1.82, 2.24) is 0 Å². The van der Waals surface area contributed by atoms with E-state index < -0.39 is 20.1 Å². The molecule has 0 atom stereocenters. The zero-order chi connectivity index (χ0) is 13.8. The number of primary sulfonamides is 1. The summed E-state index contributed by atoms with van der Waals surface area (Å²) in [5, 5.41) is 4.96. The van der Waals surface area contributed by atoms with Crippen LogP contribution < -0.4 is 5.14 Å². The molecule has 0 heterocycles. The summed E-state index contributed by atoms with van der Waals surface area (Å²) in [5.74, 6) is 0. The molecule has 0 aliphatic carbocycles. The first kappa shape index (κ1) is 15.1. The van der Waals surface area contributed by atoms with Crippen molar-refractivity contribution in [3.63, 3.8) is 0 Å². The third kappa shape index (κ3) is 5.58. The Bertz CT molecular complexity index is 590. The van der Waals surface area contributed by atoms with E-state index in [1.165, 1.54) is 12.1 Å². The number of benzene rings is 1. The van der Waals surface area contributed by atoms with E-state index in [2.05, 4.69) is 4.18 Å². The van der Waals surface area contributed by atoms with E-state index in [4.69, 9.17) is 5.14 Å². The summed E-state index contributed by atoms with van der Waals surface area (Å²) in [5.41, 5.74) is 0.888. The first-order valence-corrected chi connectivity index (χ1v) is 8.51. The van der Waals surface area contributed by atoms with E-state index >= 15 is 0 Å². The molecule has 0 radical (unpaired) electrons. The lowest BCUT2D eigenvalue weighted by Crippen LogP contribution is -2.12. The van der Waals surface area contributed by atoms with Crippen molar-refractivity contribution in [2.24, 2.45) is 5.14 Å². The SMILES string of the molecule is CS(=O)(=O)OCCCc1ccc(S(N)(=O)=O)cc1. The minimum atomic E-state index is -3.67. The van der Waals surface area contributed by atoms with Gasteiger partial charge in [-0.05, 0) is 30.5 Å². The summed E-state index contributed by atoms with van der Waals surface area (Å²) >= 11 is 0. The average Bonchev–Trinajstić information content (AvgIpc) is 2.22. The van der Waals surface area contributed by atoms with Crippen molar-refractivity contribution in [3.8, 4) is 0 Å². The molecule has 1 aromatic rings. The van der Waals surface area contributed by atoms with Crippen molar-refractivity contribution in [2.45, 2.75) is 17.7 Å². The van der Waals surface area contributed by atoms with Gasteiger partial charge >= 0.3 is 0 Å². The lowest BCUT2D eigenvalue weighted by atomic mass is 10.1. The Kier molecular flexibility index (Phi) is 4.85. The van der Waals surface area contributed by atoms with Gasteiger partial charge in [-0.3, -0.25) is 4.18 Å². The lowest BCUT2D eigenvalue weighted by molar-refractivity contribution is 0.316. The van der Waals surface area contributed by atoms with Gasteiger partial charge in [-0.2, -0.15) is 8.42 Å². The maximum atomic E-state index is 11.0. The summed E-state index contributed by atoms with van der Waals surface area (Å²) in [6.07, 6.45) is 2.12. The van der Waals surface area contributed by atoms with E-state index in [-0.39, 0.29) is 11.5 Å². The fourth-order valence-electron chi connectivity index (χ4n) is 1.33. The standard InChI is InChI=1S/C10H15NO5S2/c1-17(12,13)16-8-2-3-9-4-6-10(7-5-9)18(11,14)15/h4-7H,2-3,8H2,1H3,(H2,11,14,15). The van der Waals surface area contributed by atoms with Crippen molar-refractivity contribution in [1.29, 1.82) is 0 Å². The molecule has 0 unspecified atom stereocenters. The second-order valence-electron chi connectivity index (χ2n) is 3.82. The van der Waals surface area contributed by atoms with Gasteiger partial charge in [0.15, 0.2) is 0 Å². The number of rotatable bonds is 6. The molecule has 6 nitrogen and oxygen atoms in total. The third-order valence-electron chi connectivity index (χ3n) is 2.16. The molecule has 0 aliphatic rings. The van der Waals surface area contributed by atoms with Gasteiger partial charge in [0, 0.05) is 0 Å². The molecule has 0 saturated carbocycles. The van der Waals surface area contributed by atoms with Gasteiger partial charge in [0.2, 0.25) is 10.0 Å². The van der Waals surface area contributed by atoms with Gasteiger partial charge in [-0.15, -0.1) is 0 Å². The van der Waals surface area contributed by atoms with Crippen LogP contribution in [0, 0.1) is 0 Å². The number of sulfonamides is 1. The van der Waals surface area contributed by atoms with Crippen LogP contribution in [0.25, 0.3) is 0 Å². The molecule has 0 saturated heterocycles. The Morgan fingerprint density at radius 2 is 1.67 bits per heavy atom. The molecule has 8 heteroatoms. The first-order chi connectivity index (χ1) is 8.18. The first-order valence-electron chi connectivity index (χ1n) is 5.15. The van der Waals surface area contributed by atoms with Crippen LogP contribution in [-0.2, 0) is 30.7 Å². The third-order valence-corrected chi connectivity index (χ3v) is 3.68. The van der Waals surface area contributed by atoms with Gasteiger partial charge in [0.1, 0.15) is 0 Å². The molecule has 0 amide bonds. The molecule has 1 rings (SSSR count). The summed E-state index contributed by atoms with van der Waals surface area (Å²) in [6, 6.07) is 6.12. The molecule has 0 aromatic heterocycles. The fourth-order valence-corrected chi connectivity index (χ4v) is 2.27. The molecule has 0 bridgehead atoms. The van der Waals surface area contributed by atoms with Crippen LogP contribution in [0.15, 0.2) is 29.2 Å². The molecule has 18 heavy (non-hydrogen) atoms. The minimum absolute atomic E-state index is 0.0543. The van der Waals surface area contributed by atoms with E-state index in [1.54, 1.807) is 12.1 Å². The molecule has 2 N–H and O–H groups in total. The zero-order valence-corrected chi connectivity index (χ0v) is 11.5. The molecular weight excluding hydrogens is 278 g/mol. The van der Waals surface area contributed by atoms with E-state index in [1.807, 2.05) is 0 Å². The largest absolute Gasteiger partial charge is 0.270 e. The van der Waals surface area contributed by atoms with Crippen LogP contribution in [0.1, 0.15) is 12.0 Å². The van der Waals surface area contributed by atoms with Crippen LogP contribution in [0.3, 0.4) is 0 Å². The number of hydrogen-bond donors (Lipinski definition) is 1. The Balaban J connectivity index is 2.50. The quantitative estimate of drug-likeness (QED) is 0.598. The highest BCUT2D eigenvalue weighted by Gasteiger charge is 2.06. The van der Waals surface area contributed by atoms with Crippen molar-refractivity contribution >= 4 is 20.1 Å². The van der Waals surface area contributed by atoms with Crippen LogP contribution in [-0.4, -0.2) is 29.7 Å². The van der Waals surface area contributed by atoms with Gasteiger partial charge in [-0.1, -0.05) is 12.1 Å².